The highest BCUT2D eigenvalue weighted by molar-refractivity contribution is 5.61. The number of phenolic OH excluding ortho intramolecular Hbond substituents is 1. The lowest BCUT2D eigenvalue weighted by Crippen LogP contribution is -1.99. The lowest BCUT2D eigenvalue weighted by Gasteiger charge is -2.14. The monoisotopic (exact) mass is 252 g/mol. The minimum atomic E-state index is 0.303. The summed E-state index contributed by atoms with van der Waals surface area (Å²) in [4.78, 5) is 0. The van der Waals surface area contributed by atoms with Crippen molar-refractivity contribution >= 4 is 5.57 Å². The molecule has 0 amide bonds. The van der Waals surface area contributed by atoms with Gasteiger partial charge in [-0.3, -0.25) is 0 Å². The quantitative estimate of drug-likeness (QED) is 0.831. The summed E-state index contributed by atoms with van der Waals surface area (Å²) in [7, 11) is 0. The van der Waals surface area contributed by atoms with E-state index in [0.717, 1.165) is 17.6 Å². The van der Waals surface area contributed by atoms with E-state index in [-0.39, 0.29) is 0 Å². The molecule has 0 spiro atoms. The fourth-order valence-electron chi connectivity index (χ4n) is 2.29. The molecule has 2 aromatic rings. The molecule has 2 aromatic carbocycles. The van der Waals surface area contributed by atoms with Crippen molar-refractivity contribution in [3.63, 3.8) is 0 Å². The van der Waals surface area contributed by atoms with Gasteiger partial charge in [0.1, 0.15) is 5.75 Å². The molecular weight excluding hydrogens is 232 g/mol. The Morgan fingerprint density at radius 2 is 1.74 bits per heavy atom. The summed E-state index contributed by atoms with van der Waals surface area (Å²) in [5.41, 5.74) is 4.55. The van der Waals surface area contributed by atoms with Crippen LogP contribution < -0.4 is 0 Å². The van der Waals surface area contributed by atoms with Gasteiger partial charge in [-0.05, 0) is 42.0 Å². The fraction of sp³-hybridized carbons (Fsp3) is 0.222. The van der Waals surface area contributed by atoms with Crippen molar-refractivity contribution in [3.05, 3.63) is 71.8 Å². The van der Waals surface area contributed by atoms with Gasteiger partial charge in [-0.15, -0.1) is 0 Å². The topological polar surface area (TPSA) is 20.2 Å². The minimum Gasteiger partial charge on any atom is -0.508 e. The van der Waals surface area contributed by atoms with Crippen molar-refractivity contribution in [2.24, 2.45) is 0 Å². The van der Waals surface area contributed by atoms with Gasteiger partial charge in [0.15, 0.2) is 0 Å². The highest BCUT2D eigenvalue weighted by atomic mass is 16.3. The summed E-state index contributed by atoms with van der Waals surface area (Å²) in [5.74, 6) is 0.686. The Hall–Kier alpha value is -2.02. The Morgan fingerprint density at radius 1 is 1.11 bits per heavy atom. The summed E-state index contributed by atoms with van der Waals surface area (Å²) in [6, 6.07) is 16.0. The van der Waals surface area contributed by atoms with E-state index >= 15 is 0 Å². The molecule has 1 N–H and O–H groups in total. The van der Waals surface area contributed by atoms with E-state index in [1.165, 1.54) is 11.1 Å². The van der Waals surface area contributed by atoms with E-state index in [1.807, 2.05) is 25.1 Å². The third kappa shape index (κ3) is 3.25. The first-order valence-corrected chi connectivity index (χ1v) is 6.60. The van der Waals surface area contributed by atoms with E-state index in [4.69, 9.17) is 0 Å². The summed E-state index contributed by atoms with van der Waals surface area (Å²) < 4.78 is 0. The van der Waals surface area contributed by atoms with E-state index in [2.05, 4.69) is 37.8 Å². The van der Waals surface area contributed by atoms with Crippen LogP contribution in [0.3, 0.4) is 0 Å². The van der Waals surface area contributed by atoms with Crippen LogP contribution in [0.4, 0.5) is 0 Å². The van der Waals surface area contributed by atoms with Gasteiger partial charge in [-0.1, -0.05) is 61.5 Å². The number of allylic oxidation sites excluding steroid dienone is 1. The lowest BCUT2D eigenvalue weighted by molar-refractivity contribution is 0.462. The normalized spacial score (nSPS) is 12.1. The van der Waals surface area contributed by atoms with Crippen LogP contribution in [0.25, 0.3) is 5.57 Å². The number of benzene rings is 2. The van der Waals surface area contributed by atoms with Gasteiger partial charge in [0.2, 0.25) is 0 Å². The number of hydrogen-bond donors (Lipinski definition) is 1. The molecule has 0 fully saturated rings. The number of phenols is 1. The minimum absolute atomic E-state index is 0.303. The zero-order valence-corrected chi connectivity index (χ0v) is 11.6. The first-order valence-electron chi connectivity index (χ1n) is 6.60. The van der Waals surface area contributed by atoms with Crippen molar-refractivity contribution < 1.29 is 5.11 Å². The van der Waals surface area contributed by atoms with Crippen LogP contribution in [0, 0.1) is 0 Å². The van der Waals surface area contributed by atoms with Gasteiger partial charge in [0, 0.05) is 0 Å². The fourth-order valence-corrected chi connectivity index (χ4v) is 2.29. The third-order valence-corrected chi connectivity index (χ3v) is 3.46. The summed E-state index contributed by atoms with van der Waals surface area (Å²) >= 11 is 0. The first kappa shape index (κ1) is 13.4. The molecule has 0 aliphatic heterocycles. The second-order valence-electron chi connectivity index (χ2n) is 5.14. The molecule has 98 valence electrons. The maximum absolute atomic E-state index is 9.86. The second-order valence-corrected chi connectivity index (χ2v) is 5.14. The van der Waals surface area contributed by atoms with Crippen LogP contribution >= 0.6 is 0 Å². The van der Waals surface area contributed by atoms with Crippen molar-refractivity contribution in [3.8, 4) is 5.75 Å². The SMILES string of the molecule is C=C(C)c1ccc(CC(C)c2ccccc2O)cc1. The highest BCUT2D eigenvalue weighted by Gasteiger charge is 2.10. The van der Waals surface area contributed by atoms with Gasteiger partial charge < -0.3 is 5.11 Å². The largest absolute Gasteiger partial charge is 0.508 e. The number of para-hydroxylation sites is 1. The van der Waals surface area contributed by atoms with Gasteiger partial charge >= 0.3 is 0 Å². The Labute approximate surface area is 115 Å². The summed E-state index contributed by atoms with van der Waals surface area (Å²) in [6.07, 6.45) is 0.925. The van der Waals surface area contributed by atoms with Crippen molar-refractivity contribution in [2.75, 3.05) is 0 Å². The highest BCUT2D eigenvalue weighted by Crippen LogP contribution is 2.28. The molecule has 0 radical (unpaired) electrons. The molecule has 2 rings (SSSR count). The molecule has 1 nitrogen and oxygen atoms in total. The van der Waals surface area contributed by atoms with Gasteiger partial charge in [0.05, 0.1) is 0 Å². The molecule has 0 saturated carbocycles. The predicted molar refractivity (Wildman–Crippen MR) is 81.4 cm³/mol. The Morgan fingerprint density at radius 3 is 2.32 bits per heavy atom. The standard InChI is InChI=1S/C18H20O/c1-13(2)16-10-8-15(9-11-16)12-14(3)17-6-4-5-7-18(17)19/h4-11,14,19H,1,12H2,2-3H3. The van der Waals surface area contributed by atoms with E-state index in [9.17, 15) is 5.11 Å². The maximum atomic E-state index is 9.86. The molecular formula is C18H20O. The zero-order valence-electron chi connectivity index (χ0n) is 11.6. The Balaban J connectivity index is 2.13. The van der Waals surface area contributed by atoms with Gasteiger partial charge in [-0.25, -0.2) is 0 Å². The van der Waals surface area contributed by atoms with Crippen molar-refractivity contribution in [2.45, 2.75) is 26.2 Å². The molecule has 0 saturated heterocycles. The van der Waals surface area contributed by atoms with Crippen LogP contribution in [-0.4, -0.2) is 5.11 Å². The maximum Gasteiger partial charge on any atom is 0.119 e. The number of aromatic hydroxyl groups is 1. The Bertz CT molecular complexity index is 566. The average Bonchev–Trinajstić information content (AvgIpc) is 2.39. The van der Waals surface area contributed by atoms with Crippen LogP contribution in [0.15, 0.2) is 55.1 Å². The van der Waals surface area contributed by atoms with E-state index in [0.29, 0.717) is 11.7 Å². The molecule has 19 heavy (non-hydrogen) atoms. The predicted octanol–water partition coefficient (Wildman–Crippen LogP) is 4.77. The second kappa shape index (κ2) is 5.75. The third-order valence-electron chi connectivity index (χ3n) is 3.46. The molecule has 0 aliphatic carbocycles. The zero-order chi connectivity index (χ0) is 13.8. The van der Waals surface area contributed by atoms with E-state index < -0.39 is 0 Å². The van der Waals surface area contributed by atoms with Crippen LogP contribution in [-0.2, 0) is 6.42 Å². The molecule has 1 atom stereocenters. The van der Waals surface area contributed by atoms with Crippen LogP contribution in [0.2, 0.25) is 0 Å². The van der Waals surface area contributed by atoms with Crippen LogP contribution in [0.5, 0.6) is 5.75 Å². The van der Waals surface area contributed by atoms with Crippen molar-refractivity contribution in [1.82, 2.24) is 0 Å². The molecule has 0 aromatic heterocycles. The molecule has 1 heteroatoms. The molecule has 0 heterocycles. The number of rotatable bonds is 4. The number of hydrogen-bond acceptors (Lipinski definition) is 1. The summed E-state index contributed by atoms with van der Waals surface area (Å²) in [5, 5.41) is 9.86. The summed E-state index contributed by atoms with van der Waals surface area (Å²) in [6.45, 7) is 8.10. The molecule has 0 aliphatic rings. The average molecular weight is 252 g/mol. The molecule has 0 bridgehead atoms. The van der Waals surface area contributed by atoms with Crippen molar-refractivity contribution in [1.29, 1.82) is 0 Å². The Kier molecular flexibility index (Phi) is 4.06. The molecule has 1 unspecified atom stereocenters. The van der Waals surface area contributed by atoms with Gasteiger partial charge in [-0.2, -0.15) is 0 Å². The lowest BCUT2D eigenvalue weighted by atomic mass is 9.92. The van der Waals surface area contributed by atoms with Gasteiger partial charge in [0.25, 0.3) is 0 Å². The van der Waals surface area contributed by atoms with Crippen LogP contribution in [0.1, 0.15) is 36.5 Å². The van der Waals surface area contributed by atoms with E-state index in [1.54, 1.807) is 6.07 Å². The first-order chi connectivity index (χ1) is 9.08. The smallest absolute Gasteiger partial charge is 0.119 e.